The summed E-state index contributed by atoms with van der Waals surface area (Å²) in [6.45, 7) is 3.36. The van der Waals surface area contributed by atoms with E-state index < -0.39 is 0 Å². The lowest BCUT2D eigenvalue weighted by molar-refractivity contribution is -0.127. The molecule has 1 saturated heterocycles. The third-order valence-electron chi connectivity index (χ3n) is 5.66. The maximum absolute atomic E-state index is 13.4. The number of nitrogens with one attached hydrogen (secondary N) is 1. The van der Waals surface area contributed by atoms with E-state index in [0.717, 1.165) is 42.1 Å². The molecule has 0 spiro atoms. The molecule has 2 aromatic carbocycles. The highest BCUT2D eigenvalue weighted by Crippen LogP contribution is 2.24. The molecule has 0 saturated carbocycles. The molecule has 0 radical (unpaired) electrons. The zero-order valence-electron chi connectivity index (χ0n) is 18.1. The van der Waals surface area contributed by atoms with Crippen molar-refractivity contribution in [2.75, 3.05) is 13.1 Å². The third-order valence-corrected chi connectivity index (χ3v) is 5.96. The van der Waals surface area contributed by atoms with Gasteiger partial charge in [-0.25, -0.2) is 4.98 Å². The zero-order chi connectivity index (χ0) is 22.5. The summed E-state index contributed by atoms with van der Waals surface area (Å²) in [5.41, 5.74) is 3.17. The fourth-order valence-corrected chi connectivity index (χ4v) is 4.11. The molecule has 0 unspecified atom stereocenters. The van der Waals surface area contributed by atoms with Crippen LogP contribution in [-0.2, 0) is 4.79 Å². The van der Waals surface area contributed by atoms with Gasteiger partial charge >= 0.3 is 0 Å². The van der Waals surface area contributed by atoms with Gasteiger partial charge in [0, 0.05) is 29.6 Å². The average molecular weight is 448 g/mol. The van der Waals surface area contributed by atoms with E-state index in [0.29, 0.717) is 29.4 Å². The van der Waals surface area contributed by atoms with Gasteiger partial charge in [0.25, 0.3) is 11.8 Å². The minimum Gasteiger partial charge on any atom is -0.337 e. The largest absolute Gasteiger partial charge is 0.337 e. The maximum atomic E-state index is 13.4. The minimum absolute atomic E-state index is 0.198. The number of pyridine rings is 1. The van der Waals surface area contributed by atoms with Crippen molar-refractivity contribution in [3.05, 3.63) is 82.1 Å². The number of carbonyl (C=O) groups excluding carboxylic acids is 2. The van der Waals surface area contributed by atoms with Crippen LogP contribution in [0.15, 0.2) is 60.3 Å². The third kappa shape index (κ3) is 5.17. The van der Waals surface area contributed by atoms with Gasteiger partial charge < -0.3 is 10.2 Å². The molecule has 0 aliphatic carbocycles. The van der Waals surface area contributed by atoms with Gasteiger partial charge in [0.1, 0.15) is 10.9 Å². The number of likely N-dealkylation sites (tertiary alicyclic amines) is 1. The Morgan fingerprint density at radius 3 is 2.44 bits per heavy atom. The maximum Gasteiger partial charge on any atom is 0.270 e. The number of aromatic nitrogens is 1. The van der Waals surface area contributed by atoms with Crippen LogP contribution in [0.25, 0.3) is 17.0 Å². The van der Waals surface area contributed by atoms with Crippen molar-refractivity contribution in [3.63, 3.8) is 0 Å². The summed E-state index contributed by atoms with van der Waals surface area (Å²) in [4.78, 5) is 32.6. The molecule has 6 heteroatoms. The molecule has 2 amide bonds. The van der Waals surface area contributed by atoms with Crippen molar-refractivity contribution in [2.24, 2.45) is 0 Å². The van der Waals surface area contributed by atoms with Crippen LogP contribution in [0.5, 0.6) is 0 Å². The Kier molecular flexibility index (Phi) is 6.86. The molecular weight excluding hydrogens is 422 g/mol. The zero-order valence-corrected chi connectivity index (χ0v) is 18.9. The number of hydrogen-bond donors (Lipinski definition) is 1. The molecule has 1 aliphatic rings. The number of halogens is 1. The first-order valence-electron chi connectivity index (χ1n) is 11.0. The smallest absolute Gasteiger partial charge is 0.270 e. The van der Waals surface area contributed by atoms with Gasteiger partial charge in [-0.3, -0.25) is 9.59 Å². The Morgan fingerprint density at radius 1 is 1.00 bits per heavy atom. The summed E-state index contributed by atoms with van der Waals surface area (Å²) < 4.78 is 0. The molecule has 1 N–H and O–H groups in total. The Bertz CT molecular complexity index is 1170. The van der Waals surface area contributed by atoms with Gasteiger partial charge in [-0.1, -0.05) is 54.8 Å². The first kappa shape index (κ1) is 22.0. The van der Waals surface area contributed by atoms with Crippen LogP contribution in [0.3, 0.4) is 0 Å². The SMILES string of the molecule is Cc1ccc2cc(/C=C(\NC(=O)c3ccccc3)C(=O)N3CCCCCC3)c(Cl)nc2c1. The van der Waals surface area contributed by atoms with Crippen molar-refractivity contribution in [3.8, 4) is 0 Å². The number of fused-ring (bicyclic) bond motifs is 1. The Morgan fingerprint density at radius 2 is 1.72 bits per heavy atom. The van der Waals surface area contributed by atoms with Crippen LogP contribution in [-0.4, -0.2) is 34.8 Å². The van der Waals surface area contributed by atoms with Gasteiger partial charge in [0.05, 0.1) is 5.52 Å². The highest BCUT2D eigenvalue weighted by molar-refractivity contribution is 6.31. The summed E-state index contributed by atoms with van der Waals surface area (Å²) in [6.07, 6.45) is 5.79. The lowest BCUT2D eigenvalue weighted by atomic mass is 10.1. The summed E-state index contributed by atoms with van der Waals surface area (Å²) >= 11 is 6.48. The number of nitrogens with zero attached hydrogens (tertiary/aromatic N) is 2. The molecule has 4 rings (SSSR count). The molecule has 2 heterocycles. The van der Waals surface area contributed by atoms with Crippen LogP contribution in [0.4, 0.5) is 0 Å². The van der Waals surface area contributed by atoms with E-state index in [9.17, 15) is 9.59 Å². The van der Waals surface area contributed by atoms with Crippen molar-refractivity contribution in [1.29, 1.82) is 0 Å². The summed E-state index contributed by atoms with van der Waals surface area (Å²) in [5, 5.41) is 4.04. The monoisotopic (exact) mass is 447 g/mol. The van der Waals surface area contributed by atoms with Crippen molar-refractivity contribution < 1.29 is 9.59 Å². The van der Waals surface area contributed by atoms with E-state index in [1.165, 1.54) is 0 Å². The van der Waals surface area contributed by atoms with E-state index in [1.807, 2.05) is 42.2 Å². The van der Waals surface area contributed by atoms with Crippen molar-refractivity contribution >= 4 is 40.4 Å². The normalized spacial score (nSPS) is 14.8. The molecular formula is C26H26ClN3O2. The minimum atomic E-state index is -0.333. The second-order valence-electron chi connectivity index (χ2n) is 8.15. The Balaban J connectivity index is 1.72. The fraction of sp³-hybridized carbons (Fsp3) is 0.269. The molecule has 3 aromatic rings. The number of aryl methyl sites for hydroxylation is 1. The van der Waals surface area contributed by atoms with Gasteiger partial charge in [-0.2, -0.15) is 0 Å². The second-order valence-corrected chi connectivity index (χ2v) is 8.51. The number of hydrogen-bond acceptors (Lipinski definition) is 3. The van der Waals surface area contributed by atoms with Crippen molar-refractivity contribution in [1.82, 2.24) is 15.2 Å². The van der Waals surface area contributed by atoms with Gasteiger partial charge in [0.15, 0.2) is 0 Å². The van der Waals surface area contributed by atoms with Crippen LogP contribution in [0.1, 0.15) is 47.2 Å². The van der Waals surface area contributed by atoms with E-state index in [-0.39, 0.29) is 17.5 Å². The first-order valence-corrected chi connectivity index (χ1v) is 11.3. The van der Waals surface area contributed by atoms with Crippen LogP contribution in [0, 0.1) is 6.92 Å². The summed E-state index contributed by atoms with van der Waals surface area (Å²) in [7, 11) is 0. The predicted octanol–water partition coefficient (Wildman–Crippen LogP) is 5.37. The van der Waals surface area contributed by atoms with Gasteiger partial charge in [-0.05, 0) is 55.7 Å². The summed E-state index contributed by atoms with van der Waals surface area (Å²) in [6, 6.07) is 16.7. The molecule has 32 heavy (non-hydrogen) atoms. The average Bonchev–Trinajstić information content (AvgIpc) is 3.09. The van der Waals surface area contributed by atoms with Crippen LogP contribution in [0.2, 0.25) is 5.15 Å². The number of benzene rings is 2. The molecule has 0 bridgehead atoms. The van der Waals surface area contributed by atoms with Crippen LogP contribution < -0.4 is 5.32 Å². The Labute approximate surface area is 193 Å². The molecule has 0 atom stereocenters. The lowest BCUT2D eigenvalue weighted by Gasteiger charge is -2.22. The number of rotatable bonds is 4. The quantitative estimate of drug-likeness (QED) is 0.432. The van der Waals surface area contributed by atoms with Gasteiger partial charge in [-0.15, -0.1) is 0 Å². The standard InChI is InChI=1S/C26H26ClN3O2/c1-18-11-12-20-16-21(24(27)28-22(20)15-18)17-23(26(32)30-13-7-2-3-8-14-30)29-25(31)19-9-5-4-6-10-19/h4-6,9-12,15-17H,2-3,7-8,13-14H2,1H3,(H,29,31)/b23-17-. The lowest BCUT2D eigenvalue weighted by Crippen LogP contribution is -2.39. The molecule has 1 aliphatic heterocycles. The first-order chi connectivity index (χ1) is 15.5. The van der Waals surface area contributed by atoms with Crippen LogP contribution >= 0.6 is 11.6 Å². The molecule has 164 valence electrons. The van der Waals surface area contributed by atoms with E-state index in [1.54, 1.807) is 30.3 Å². The highest BCUT2D eigenvalue weighted by Gasteiger charge is 2.22. The van der Waals surface area contributed by atoms with Gasteiger partial charge in [0.2, 0.25) is 0 Å². The molecule has 1 aromatic heterocycles. The van der Waals surface area contributed by atoms with E-state index >= 15 is 0 Å². The summed E-state index contributed by atoms with van der Waals surface area (Å²) in [5.74, 6) is -0.531. The highest BCUT2D eigenvalue weighted by atomic mass is 35.5. The van der Waals surface area contributed by atoms with Crippen molar-refractivity contribution in [2.45, 2.75) is 32.6 Å². The topological polar surface area (TPSA) is 62.3 Å². The fourth-order valence-electron chi connectivity index (χ4n) is 3.91. The Hall–Kier alpha value is -3.18. The van der Waals surface area contributed by atoms with E-state index in [2.05, 4.69) is 10.3 Å². The molecule has 1 fully saturated rings. The second kappa shape index (κ2) is 9.96. The predicted molar refractivity (Wildman–Crippen MR) is 128 cm³/mol. The molecule has 5 nitrogen and oxygen atoms in total. The number of carbonyl (C=O) groups is 2. The number of amides is 2. The van der Waals surface area contributed by atoms with E-state index in [4.69, 9.17) is 11.6 Å².